The molecule has 78 valence electrons. The second-order valence-electron chi connectivity index (χ2n) is 3.95. The molecule has 0 atom stereocenters. The third-order valence-electron chi connectivity index (χ3n) is 2.95. The summed E-state index contributed by atoms with van der Waals surface area (Å²) < 4.78 is 2.21. The van der Waals surface area contributed by atoms with E-state index in [9.17, 15) is 0 Å². The molecule has 1 aromatic rings. The summed E-state index contributed by atoms with van der Waals surface area (Å²) in [6.07, 6.45) is 3.29. The molecule has 0 saturated carbocycles. The van der Waals surface area contributed by atoms with Crippen molar-refractivity contribution in [3.63, 3.8) is 0 Å². The standard InChI is InChI=1S/C11H19N3/c1-13-7-2-3-11(13)4-8-14-9-5-12-6-10-14/h2-3,7,12H,4-6,8-10H2,1H3. The van der Waals surface area contributed by atoms with Gasteiger partial charge in [-0.1, -0.05) is 0 Å². The van der Waals surface area contributed by atoms with E-state index in [1.54, 1.807) is 0 Å². The number of aromatic nitrogens is 1. The van der Waals surface area contributed by atoms with E-state index < -0.39 is 0 Å². The van der Waals surface area contributed by atoms with Gasteiger partial charge < -0.3 is 14.8 Å². The fraction of sp³-hybridized carbons (Fsp3) is 0.636. The maximum atomic E-state index is 3.37. The molecule has 0 unspecified atom stereocenters. The summed E-state index contributed by atoms with van der Waals surface area (Å²) in [5, 5.41) is 3.37. The lowest BCUT2D eigenvalue weighted by molar-refractivity contribution is 0.242. The second kappa shape index (κ2) is 4.62. The Morgan fingerprint density at radius 1 is 1.36 bits per heavy atom. The Hall–Kier alpha value is -0.800. The molecule has 14 heavy (non-hydrogen) atoms. The van der Waals surface area contributed by atoms with Crippen LogP contribution in [0.2, 0.25) is 0 Å². The van der Waals surface area contributed by atoms with Crippen LogP contribution < -0.4 is 5.32 Å². The monoisotopic (exact) mass is 193 g/mol. The first-order chi connectivity index (χ1) is 6.86. The van der Waals surface area contributed by atoms with Gasteiger partial charge in [0.05, 0.1) is 0 Å². The molecule has 1 fully saturated rings. The Bertz CT molecular complexity index is 274. The number of aryl methyl sites for hydroxylation is 1. The lowest BCUT2D eigenvalue weighted by Gasteiger charge is -2.27. The van der Waals surface area contributed by atoms with Gasteiger partial charge in [-0.3, -0.25) is 0 Å². The summed E-state index contributed by atoms with van der Waals surface area (Å²) in [4.78, 5) is 2.53. The van der Waals surface area contributed by atoms with Crippen LogP contribution in [-0.2, 0) is 13.5 Å². The van der Waals surface area contributed by atoms with Crippen molar-refractivity contribution < 1.29 is 0 Å². The molecule has 0 bridgehead atoms. The maximum absolute atomic E-state index is 3.37. The largest absolute Gasteiger partial charge is 0.354 e. The lowest BCUT2D eigenvalue weighted by Crippen LogP contribution is -2.44. The zero-order valence-electron chi connectivity index (χ0n) is 8.87. The van der Waals surface area contributed by atoms with Crippen molar-refractivity contribution in [2.24, 2.45) is 7.05 Å². The van der Waals surface area contributed by atoms with Gasteiger partial charge in [0.25, 0.3) is 0 Å². The Labute approximate surface area is 85.7 Å². The predicted octanol–water partition coefficient (Wildman–Crippen LogP) is 0.473. The molecule has 0 amide bonds. The highest BCUT2D eigenvalue weighted by molar-refractivity contribution is 5.06. The first kappa shape index (κ1) is 9.74. The van der Waals surface area contributed by atoms with Gasteiger partial charge in [-0.25, -0.2) is 0 Å². The van der Waals surface area contributed by atoms with Crippen LogP contribution in [0.1, 0.15) is 5.69 Å². The fourth-order valence-electron chi connectivity index (χ4n) is 1.96. The molecule has 1 aromatic heterocycles. The van der Waals surface area contributed by atoms with E-state index in [0.29, 0.717) is 0 Å². The minimum atomic E-state index is 1.15. The zero-order chi connectivity index (χ0) is 9.80. The summed E-state index contributed by atoms with van der Waals surface area (Å²) >= 11 is 0. The van der Waals surface area contributed by atoms with Crippen LogP contribution in [0.15, 0.2) is 18.3 Å². The highest BCUT2D eigenvalue weighted by atomic mass is 15.2. The Balaban J connectivity index is 1.79. The SMILES string of the molecule is Cn1cccc1CCN1CCNCC1. The van der Waals surface area contributed by atoms with Crippen molar-refractivity contribution >= 4 is 0 Å². The normalized spacial score (nSPS) is 18.6. The number of hydrogen-bond donors (Lipinski definition) is 1. The van der Waals surface area contributed by atoms with Crippen LogP contribution in [0, 0.1) is 0 Å². The first-order valence-corrected chi connectivity index (χ1v) is 5.39. The molecule has 1 saturated heterocycles. The molecule has 3 nitrogen and oxygen atoms in total. The van der Waals surface area contributed by atoms with E-state index in [-0.39, 0.29) is 0 Å². The summed E-state index contributed by atoms with van der Waals surface area (Å²) in [5.74, 6) is 0. The third kappa shape index (κ3) is 2.36. The van der Waals surface area contributed by atoms with Crippen LogP contribution in [-0.4, -0.2) is 42.2 Å². The van der Waals surface area contributed by atoms with E-state index in [4.69, 9.17) is 0 Å². The average Bonchev–Trinajstić information content (AvgIpc) is 2.63. The summed E-state index contributed by atoms with van der Waals surface area (Å²) in [6.45, 7) is 5.88. The fourth-order valence-corrected chi connectivity index (χ4v) is 1.96. The average molecular weight is 193 g/mol. The van der Waals surface area contributed by atoms with Gasteiger partial charge in [-0.2, -0.15) is 0 Å². The van der Waals surface area contributed by atoms with Gasteiger partial charge in [0.1, 0.15) is 0 Å². The van der Waals surface area contributed by atoms with Gasteiger partial charge >= 0.3 is 0 Å². The van der Waals surface area contributed by atoms with E-state index in [2.05, 4.69) is 40.2 Å². The molecule has 0 aliphatic carbocycles. The van der Waals surface area contributed by atoms with Gasteiger partial charge in [0.2, 0.25) is 0 Å². The van der Waals surface area contributed by atoms with E-state index in [1.807, 2.05) is 0 Å². The van der Waals surface area contributed by atoms with E-state index in [0.717, 1.165) is 13.1 Å². The van der Waals surface area contributed by atoms with Gasteiger partial charge in [-0.05, 0) is 12.1 Å². The molecular weight excluding hydrogens is 174 g/mol. The molecule has 2 heterocycles. The molecule has 0 radical (unpaired) electrons. The minimum Gasteiger partial charge on any atom is -0.354 e. The molecule has 1 aliphatic rings. The summed E-state index contributed by atoms with van der Waals surface area (Å²) in [7, 11) is 2.12. The maximum Gasteiger partial charge on any atom is 0.0184 e. The van der Waals surface area contributed by atoms with E-state index >= 15 is 0 Å². The van der Waals surface area contributed by atoms with Crippen LogP contribution >= 0.6 is 0 Å². The molecule has 1 aliphatic heterocycles. The number of nitrogens with one attached hydrogen (secondary N) is 1. The number of piperazine rings is 1. The van der Waals surface area contributed by atoms with Crippen LogP contribution in [0.25, 0.3) is 0 Å². The van der Waals surface area contributed by atoms with Gasteiger partial charge in [0, 0.05) is 58.1 Å². The second-order valence-corrected chi connectivity index (χ2v) is 3.95. The van der Waals surface area contributed by atoms with Crippen molar-refractivity contribution in [2.45, 2.75) is 6.42 Å². The Kier molecular flexibility index (Phi) is 3.22. The predicted molar refractivity (Wildman–Crippen MR) is 58.4 cm³/mol. The first-order valence-electron chi connectivity index (χ1n) is 5.39. The number of rotatable bonds is 3. The smallest absolute Gasteiger partial charge is 0.0184 e. The van der Waals surface area contributed by atoms with Crippen molar-refractivity contribution in [3.8, 4) is 0 Å². The number of hydrogen-bond acceptors (Lipinski definition) is 2. The summed E-state index contributed by atoms with van der Waals surface area (Å²) in [5.41, 5.74) is 1.43. The van der Waals surface area contributed by atoms with Gasteiger partial charge in [-0.15, -0.1) is 0 Å². The van der Waals surface area contributed by atoms with Crippen LogP contribution in [0.5, 0.6) is 0 Å². The van der Waals surface area contributed by atoms with Crippen molar-refractivity contribution in [3.05, 3.63) is 24.0 Å². The van der Waals surface area contributed by atoms with Crippen molar-refractivity contribution in [2.75, 3.05) is 32.7 Å². The minimum absolute atomic E-state index is 1.15. The highest BCUT2D eigenvalue weighted by Crippen LogP contribution is 2.02. The zero-order valence-corrected chi connectivity index (χ0v) is 8.87. The Morgan fingerprint density at radius 3 is 2.79 bits per heavy atom. The third-order valence-corrected chi connectivity index (χ3v) is 2.95. The molecule has 3 heteroatoms. The number of nitrogens with zero attached hydrogens (tertiary/aromatic N) is 2. The Morgan fingerprint density at radius 2 is 2.14 bits per heavy atom. The van der Waals surface area contributed by atoms with Crippen molar-refractivity contribution in [1.29, 1.82) is 0 Å². The summed E-state index contributed by atoms with van der Waals surface area (Å²) in [6, 6.07) is 4.33. The van der Waals surface area contributed by atoms with Gasteiger partial charge in [0.15, 0.2) is 0 Å². The quantitative estimate of drug-likeness (QED) is 0.753. The highest BCUT2D eigenvalue weighted by Gasteiger charge is 2.09. The van der Waals surface area contributed by atoms with Crippen LogP contribution in [0.3, 0.4) is 0 Å². The molecular formula is C11H19N3. The van der Waals surface area contributed by atoms with Crippen LogP contribution in [0.4, 0.5) is 0 Å². The topological polar surface area (TPSA) is 20.2 Å². The molecule has 0 aromatic carbocycles. The lowest BCUT2D eigenvalue weighted by atomic mass is 10.2. The molecule has 0 spiro atoms. The van der Waals surface area contributed by atoms with E-state index in [1.165, 1.54) is 31.7 Å². The van der Waals surface area contributed by atoms with Crippen molar-refractivity contribution in [1.82, 2.24) is 14.8 Å². The molecule has 2 rings (SSSR count). The molecule has 1 N–H and O–H groups in total.